The third-order valence-corrected chi connectivity index (χ3v) is 6.56. The van der Waals surface area contributed by atoms with Gasteiger partial charge in [-0.25, -0.2) is 4.98 Å². The Labute approximate surface area is 202 Å². The average Bonchev–Trinajstić information content (AvgIpc) is 3.54. The first kappa shape index (κ1) is 23.7. The lowest BCUT2D eigenvalue weighted by Gasteiger charge is -2.33. The highest BCUT2D eigenvalue weighted by atomic mass is 32.1. The number of amides is 3. The van der Waals surface area contributed by atoms with E-state index in [9.17, 15) is 14.4 Å². The number of nitrogens with zero attached hydrogens (tertiary/aromatic N) is 2. The molecule has 178 valence electrons. The quantitative estimate of drug-likeness (QED) is 0.472. The fourth-order valence-corrected chi connectivity index (χ4v) is 4.76. The van der Waals surface area contributed by atoms with E-state index >= 15 is 0 Å². The number of piperidine rings is 1. The third-order valence-electron chi connectivity index (χ3n) is 5.80. The molecule has 0 aliphatic carbocycles. The molecule has 1 atom stereocenters. The summed E-state index contributed by atoms with van der Waals surface area (Å²) < 4.78 is 5.24. The molecule has 4 rings (SSSR count). The number of anilines is 1. The van der Waals surface area contributed by atoms with Crippen molar-refractivity contribution >= 4 is 34.2 Å². The molecule has 34 heavy (non-hydrogen) atoms. The van der Waals surface area contributed by atoms with Crippen LogP contribution >= 0.6 is 11.3 Å². The SMILES string of the molecule is CC(=O)NCCCc1ccc(-c2csc(NC(=O)C3CCCCN3C(=O)c3ccco3)n2)cc1. The van der Waals surface area contributed by atoms with Crippen LogP contribution in [0.5, 0.6) is 0 Å². The Morgan fingerprint density at radius 2 is 2.00 bits per heavy atom. The van der Waals surface area contributed by atoms with Gasteiger partial charge in [0.25, 0.3) is 5.91 Å². The fraction of sp³-hybridized carbons (Fsp3) is 0.360. The first-order valence-corrected chi connectivity index (χ1v) is 12.3. The molecule has 3 heterocycles. The molecule has 0 bridgehead atoms. The van der Waals surface area contributed by atoms with E-state index in [0.717, 1.165) is 36.9 Å². The standard InChI is InChI=1S/C25H28N4O4S/c1-17(30)26-13-4-6-18-9-11-19(12-10-18)20-16-34-25(27-20)28-23(31)21-7-2-3-14-29(21)24(32)22-8-5-15-33-22/h5,8-12,15-16,21H,2-4,6-7,13-14H2,1H3,(H,26,30)(H,27,28,31). The van der Waals surface area contributed by atoms with Gasteiger partial charge in [-0.2, -0.15) is 0 Å². The summed E-state index contributed by atoms with van der Waals surface area (Å²) in [6.07, 6.45) is 5.59. The number of furan rings is 1. The number of nitrogens with one attached hydrogen (secondary N) is 2. The van der Waals surface area contributed by atoms with Crippen molar-refractivity contribution in [3.05, 3.63) is 59.4 Å². The second-order valence-corrected chi connectivity index (χ2v) is 9.16. The smallest absolute Gasteiger partial charge is 0.290 e. The van der Waals surface area contributed by atoms with Crippen LogP contribution in [0.15, 0.2) is 52.5 Å². The van der Waals surface area contributed by atoms with Gasteiger partial charge in [-0.15, -0.1) is 11.3 Å². The first-order valence-electron chi connectivity index (χ1n) is 11.5. The van der Waals surface area contributed by atoms with E-state index in [4.69, 9.17) is 4.42 Å². The summed E-state index contributed by atoms with van der Waals surface area (Å²) >= 11 is 1.36. The molecule has 3 amide bonds. The molecule has 0 radical (unpaired) electrons. The zero-order chi connectivity index (χ0) is 23.9. The molecule has 3 aromatic rings. The highest BCUT2D eigenvalue weighted by molar-refractivity contribution is 7.14. The number of rotatable bonds is 8. The monoisotopic (exact) mass is 480 g/mol. The van der Waals surface area contributed by atoms with Crippen molar-refractivity contribution in [2.45, 2.75) is 45.1 Å². The highest BCUT2D eigenvalue weighted by Crippen LogP contribution is 2.27. The van der Waals surface area contributed by atoms with Crippen molar-refractivity contribution < 1.29 is 18.8 Å². The summed E-state index contributed by atoms with van der Waals surface area (Å²) in [4.78, 5) is 42.9. The summed E-state index contributed by atoms with van der Waals surface area (Å²) in [6.45, 7) is 2.71. The predicted molar refractivity (Wildman–Crippen MR) is 131 cm³/mol. The summed E-state index contributed by atoms with van der Waals surface area (Å²) in [5.41, 5.74) is 2.95. The maximum atomic E-state index is 13.0. The van der Waals surface area contributed by atoms with Gasteiger partial charge in [0.2, 0.25) is 11.8 Å². The van der Waals surface area contributed by atoms with E-state index in [-0.39, 0.29) is 23.5 Å². The van der Waals surface area contributed by atoms with Crippen molar-refractivity contribution in [3.63, 3.8) is 0 Å². The lowest BCUT2D eigenvalue weighted by Crippen LogP contribution is -2.49. The third kappa shape index (κ3) is 5.91. The molecule has 1 saturated heterocycles. The molecule has 0 spiro atoms. The molecule has 2 N–H and O–H groups in total. The van der Waals surface area contributed by atoms with Crippen molar-refractivity contribution in [2.24, 2.45) is 0 Å². The maximum Gasteiger partial charge on any atom is 0.290 e. The fourth-order valence-electron chi connectivity index (χ4n) is 4.04. The lowest BCUT2D eigenvalue weighted by atomic mass is 10.0. The maximum absolute atomic E-state index is 13.0. The van der Waals surface area contributed by atoms with Crippen LogP contribution in [0.1, 0.15) is 48.7 Å². The number of carbonyl (C=O) groups is 3. The van der Waals surface area contributed by atoms with Gasteiger partial charge in [0, 0.05) is 31.0 Å². The van der Waals surface area contributed by atoms with E-state index in [0.29, 0.717) is 24.6 Å². The molecular weight excluding hydrogens is 452 g/mol. The van der Waals surface area contributed by atoms with Crippen molar-refractivity contribution in [2.75, 3.05) is 18.4 Å². The number of carbonyl (C=O) groups excluding carboxylic acids is 3. The number of hydrogen-bond acceptors (Lipinski definition) is 6. The topological polar surface area (TPSA) is 105 Å². The van der Waals surface area contributed by atoms with Crippen LogP contribution < -0.4 is 10.6 Å². The van der Waals surface area contributed by atoms with Gasteiger partial charge in [0.15, 0.2) is 10.9 Å². The zero-order valence-corrected chi connectivity index (χ0v) is 19.9. The van der Waals surface area contributed by atoms with Gasteiger partial charge >= 0.3 is 0 Å². The van der Waals surface area contributed by atoms with Gasteiger partial charge in [0.1, 0.15) is 6.04 Å². The van der Waals surface area contributed by atoms with Gasteiger partial charge in [0.05, 0.1) is 12.0 Å². The Morgan fingerprint density at radius 1 is 1.18 bits per heavy atom. The molecule has 8 nitrogen and oxygen atoms in total. The number of aryl methyl sites for hydroxylation is 1. The molecule has 1 fully saturated rings. The second-order valence-electron chi connectivity index (χ2n) is 8.30. The minimum absolute atomic E-state index is 0.0120. The van der Waals surface area contributed by atoms with Gasteiger partial charge in [-0.3, -0.25) is 14.4 Å². The number of hydrogen-bond donors (Lipinski definition) is 2. The Bertz CT molecular complexity index is 1120. The molecular formula is C25H28N4O4S. The number of benzene rings is 1. The summed E-state index contributed by atoms with van der Waals surface area (Å²) in [5.74, 6) is -0.256. The Morgan fingerprint density at radius 3 is 2.74 bits per heavy atom. The van der Waals surface area contributed by atoms with Gasteiger partial charge in [-0.1, -0.05) is 24.3 Å². The van der Waals surface area contributed by atoms with E-state index in [2.05, 4.69) is 27.8 Å². The lowest BCUT2D eigenvalue weighted by molar-refractivity contribution is -0.121. The van der Waals surface area contributed by atoms with E-state index in [1.807, 2.05) is 17.5 Å². The molecule has 9 heteroatoms. The molecule has 1 aliphatic heterocycles. The summed E-state index contributed by atoms with van der Waals surface area (Å²) in [7, 11) is 0. The molecule has 1 unspecified atom stereocenters. The normalized spacial score (nSPS) is 15.7. The highest BCUT2D eigenvalue weighted by Gasteiger charge is 2.34. The van der Waals surface area contributed by atoms with Crippen LogP contribution in [0, 0.1) is 0 Å². The minimum Gasteiger partial charge on any atom is -0.459 e. The second kappa shape index (κ2) is 11.1. The average molecular weight is 481 g/mol. The number of likely N-dealkylation sites (tertiary alicyclic amines) is 1. The number of aromatic nitrogens is 1. The first-order chi connectivity index (χ1) is 16.5. The van der Waals surface area contributed by atoms with Crippen LogP contribution in [0.25, 0.3) is 11.3 Å². The molecule has 0 saturated carbocycles. The van der Waals surface area contributed by atoms with Crippen molar-refractivity contribution in [1.29, 1.82) is 0 Å². The molecule has 2 aromatic heterocycles. The predicted octanol–water partition coefficient (Wildman–Crippen LogP) is 4.11. The Balaban J connectivity index is 1.36. The van der Waals surface area contributed by atoms with E-state index in [1.54, 1.807) is 17.0 Å². The molecule has 1 aromatic carbocycles. The largest absolute Gasteiger partial charge is 0.459 e. The van der Waals surface area contributed by atoms with Crippen LogP contribution in [-0.2, 0) is 16.0 Å². The van der Waals surface area contributed by atoms with Gasteiger partial charge < -0.3 is 20.0 Å². The van der Waals surface area contributed by atoms with Crippen LogP contribution in [0.3, 0.4) is 0 Å². The summed E-state index contributed by atoms with van der Waals surface area (Å²) in [6, 6.07) is 10.9. The molecule has 1 aliphatic rings. The van der Waals surface area contributed by atoms with Crippen LogP contribution in [0.2, 0.25) is 0 Å². The van der Waals surface area contributed by atoms with E-state index < -0.39 is 6.04 Å². The Kier molecular flexibility index (Phi) is 7.74. The minimum atomic E-state index is -0.546. The van der Waals surface area contributed by atoms with Gasteiger partial charge in [-0.05, 0) is 49.8 Å². The Hall–Kier alpha value is -3.46. The number of thiazole rings is 1. The van der Waals surface area contributed by atoms with Crippen molar-refractivity contribution in [3.8, 4) is 11.3 Å². The zero-order valence-electron chi connectivity index (χ0n) is 19.1. The summed E-state index contributed by atoms with van der Waals surface area (Å²) in [5, 5.41) is 8.12. The van der Waals surface area contributed by atoms with Crippen molar-refractivity contribution in [1.82, 2.24) is 15.2 Å². The van der Waals surface area contributed by atoms with Crippen LogP contribution in [0.4, 0.5) is 5.13 Å². The van der Waals surface area contributed by atoms with Crippen LogP contribution in [-0.4, -0.2) is 46.7 Å². The van der Waals surface area contributed by atoms with E-state index in [1.165, 1.54) is 30.1 Å².